The van der Waals surface area contributed by atoms with E-state index in [1.807, 2.05) is 0 Å². The minimum Gasteiger partial charge on any atom is -0.299 e. The molecule has 0 spiro atoms. The highest BCUT2D eigenvalue weighted by molar-refractivity contribution is 5.83. The van der Waals surface area contributed by atoms with Crippen molar-refractivity contribution in [2.75, 3.05) is 0 Å². The van der Waals surface area contributed by atoms with E-state index >= 15 is 0 Å². The molecule has 0 bridgehead atoms. The van der Waals surface area contributed by atoms with E-state index in [0.29, 0.717) is 5.56 Å². The lowest BCUT2D eigenvalue weighted by Crippen LogP contribution is -2.19. The van der Waals surface area contributed by atoms with Crippen LogP contribution in [0.1, 0.15) is 31.2 Å². The van der Waals surface area contributed by atoms with Gasteiger partial charge in [0.25, 0.3) is 0 Å². The fourth-order valence-corrected chi connectivity index (χ4v) is 2.24. The van der Waals surface area contributed by atoms with Gasteiger partial charge in [-0.3, -0.25) is 4.79 Å². The van der Waals surface area contributed by atoms with Crippen molar-refractivity contribution in [3.63, 3.8) is 0 Å². The number of benzene rings is 1. The maximum absolute atomic E-state index is 13.0. The van der Waals surface area contributed by atoms with Crippen molar-refractivity contribution in [2.24, 2.45) is 5.92 Å². The lowest BCUT2D eigenvalue weighted by molar-refractivity contribution is -0.122. The zero-order chi connectivity index (χ0) is 12.3. The summed E-state index contributed by atoms with van der Waals surface area (Å²) in [5.74, 6) is -1.52. The molecule has 1 fully saturated rings. The second-order valence-electron chi connectivity index (χ2n) is 4.53. The molecule has 1 aliphatic carbocycles. The van der Waals surface area contributed by atoms with Crippen molar-refractivity contribution in [3.05, 3.63) is 41.8 Å². The molecule has 1 nitrogen and oxygen atoms in total. The average Bonchev–Trinajstić information content (AvgIpc) is 2.35. The van der Waals surface area contributed by atoms with Gasteiger partial charge in [-0.1, -0.05) is 6.07 Å². The molecule has 2 rings (SSSR count). The van der Waals surface area contributed by atoms with Crippen molar-refractivity contribution in [1.29, 1.82) is 0 Å². The summed E-state index contributed by atoms with van der Waals surface area (Å²) in [6.45, 7) is 0. The summed E-state index contributed by atoms with van der Waals surface area (Å²) in [6, 6.07) is 3.67. The number of ketones is 1. The second-order valence-corrected chi connectivity index (χ2v) is 4.53. The third-order valence-corrected chi connectivity index (χ3v) is 3.26. The third-order valence-electron chi connectivity index (χ3n) is 3.26. The molecule has 1 aliphatic rings. The Morgan fingerprint density at radius 3 is 2.53 bits per heavy atom. The molecule has 0 unspecified atom stereocenters. The Bertz CT molecular complexity index is 409. The Labute approximate surface area is 99.8 Å². The highest BCUT2D eigenvalue weighted by atomic mass is 19.2. The molecule has 1 aromatic carbocycles. The van der Waals surface area contributed by atoms with E-state index in [1.165, 1.54) is 6.07 Å². The van der Waals surface area contributed by atoms with Gasteiger partial charge in [0.2, 0.25) is 0 Å². The molecule has 0 aromatic heterocycles. The molecule has 0 aliphatic heterocycles. The van der Waals surface area contributed by atoms with Gasteiger partial charge in [-0.25, -0.2) is 8.78 Å². The molecule has 0 N–H and O–H groups in total. The predicted octanol–water partition coefficient (Wildman–Crippen LogP) is 3.47. The minimum absolute atomic E-state index is 0.0908. The maximum Gasteiger partial charge on any atom is 0.159 e. The molecule has 3 heteroatoms. The van der Waals surface area contributed by atoms with Crippen LogP contribution < -0.4 is 0 Å². The van der Waals surface area contributed by atoms with E-state index in [-0.39, 0.29) is 18.1 Å². The van der Waals surface area contributed by atoms with Gasteiger partial charge in [0.1, 0.15) is 5.78 Å². The van der Waals surface area contributed by atoms with Crippen molar-refractivity contribution >= 4 is 5.78 Å². The van der Waals surface area contributed by atoms with Crippen LogP contribution in [0.5, 0.6) is 0 Å². The van der Waals surface area contributed by atoms with Crippen LogP contribution in [0.3, 0.4) is 0 Å². The molecule has 0 amide bonds. The van der Waals surface area contributed by atoms with E-state index < -0.39 is 11.6 Å². The topological polar surface area (TPSA) is 17.1 Å². The van der Waals surface area contributed by atoms with Crippen LogP contribution in [0.15, 0.2) is 18.2 Å². The second kappa shape index (κ2) is 5.39. The Balaban J connectivity index is 1.99. The van der Waals surface area contributed by atoms with Crippen LogP contribution in [0.4, 0.5) is 8.78 Å². The van der Waals surface area contributed by atoms with E-state index in [2.05, 4.69) is 6.42 Å². The van der Waals surface area contributed by atoms with Crippen molar-refractivity contribution in [1.82, 2.24) is 0 Å². The summed E-state index contributed by atoms with van der Waals surface area (Å²) in [7, 11) is 0. The number of hydrogen-bond donors (Lipinski definition) is 0. The first-order valence-corrected chi connectivity index (χ1v) is 5.95. The van der Waals surface area contributed by atoms with E-state index in [1.54, 1.807) is 0 Å². The number of carbonyl (C=O) groups excluding carboxylic acids is 1. The number of hydrogen-bond acceptors (Lipinski definition) is 1. The molecule has 1 saturated carbocycles. The number of halogens is 2. The smallest absolute Gasteiger partial charge is 0.159 e. The summed E-state index contributed by atoms with van der Waals surface area (Å²) in [5.41, 5.74) is 0.559. The molecule has 0 atom stereocenters. The van der Waals surface area contributed by atoms with Crippen molar-refractivity contribution in [2.45, 2.75) is 32.1 Å². The quantitative estimate of drug-likeness (QED) is 0.786. The first kappa shape index (κ1) is 12.2. The first-order chi connectivity index (χ1) is 8.16. The number of rotatable bonds is 3. The number of Topliss-reactive ketones (excluding diaryl/α,β-unsaturated/α-hetero) is 1. The van der Waals surface area contributed by atoms with E-state index in [9.17, 15) is 13.6 Å². The lowest BCUT2D eigenvalue weighted by Gasteiger charge is -2.20. The molecule has 1 aromatic rings. The number of carbonyl (C=O) groups is 1. The van der Waals surface area contributed by atoms with Gasteiger partial charge in [0.05, 0.1) is 0 Å². The fraction of sp³-hybridized carbons (Fsp3) is 0.429. The van der Waals surface area contributed by atoms with Gasteiger partial charge in [0, 0.05) is 12.3 Å². The molecular weight excluding hydrogens is 222 g/mol. The van der Waals surface area contributed by atoms with Crippen molar-refractivity contribution in [3.8, 4) is 0 Å². The van der Waals surface area contributed by atoms with Crippen LogP contribution in [-0.2, 0) is 11.2 Å². The van der Waals surface area contributed by atoms with Gasteiger partial charge in [-0.2, -0.15) is 0 Å². The van der Waals surface area contributed by atoms with Gasteiger partial charge in [-0.15, -0.1) is 0 Å². The summed E-state index contributed by atoms with van der Waals surface area (Å²) < 4.78 is 25.7. The Morgan fingerprint density at radius 1 is 1.18 bits per heavy atom. The molecule has 0 heterocycles. The molecule has 0 saturated heterocycles. The fourth-order valence-electron chi connectivity index (χ4n) is 2.24. The van der Waals surface area contributed by atoms with Gasteiger partial charge in [0.15, 0.2) is 11.6 Å². The highest BCUT2D eigenvalue weighted by Crippen LogP contribution is 2.25. The summed E-state index contributed by atoms with van der Waals surface area (Å²) in [4.78, 5) is 11.9. The normalized spacial score (nSPS) is 17.1. The standard InChI is InChI=1S/C14H15F2O/c15-12-7-6-10(8-13(12)16)9-14(17)11-4-2-1-3-5-11/h1,6-8,11H,2-5,9H2. The van der Waals surface area contributed by atoms with Crippen LogP contribution >= 0.6 is 0 Å². The zero-order valence-corrected chi connectivity index (χ0v) is 9.59. The summed E-state index contributed by atoms with van der Waals surface area (Å²) >= 11 is 0. The molecular formula is C14H15F2O. The SMILES string of the molecule is O=C(Cc1ccc(F)c(F)c1)C1CC[CH]CC1. The van der Waals surface area contributed by atoms with Crippen molar-refractivity contribution < 1.29 is 13.6 Å². The minimum atomic E-state index is -0.882. The first-order valence-electron chi connectivity index (χ1n) is 5.95. The summed E-state index contributed by atoms with van der Waals surface area (Å²) in [5, 5.41) is 0. The predicted molar refractivity (Wildman–Crippen MR) is 61.3 cm³/mol. The van der Waals surface area contributed by atoms with Crippen LogP contribution in [0, 0.1) is 24.0 Å². The van der Waals surface area contributed by atoms with E-state index in [4.69, 9.17) is 0 Å². The molecule has 91 valence electrons. The average molecular weight is 237 g/mol. The largest absolute Gasteiger partial charge is 0.299 e. The monoisotopic (exact) mass is 237 g/mol. The highest BCUT2D eigenvalue weighted by Gasteiger charge is 2.21. The van der Waals surface area contributed by atoms with Crippen LogP contribution in [0.25, 0.3) is 0 Å². The molecule has 17 heavy (non-hydrogen) atoms. The maximum atomic E-state index is 13.0. The Kier molecular flexibility index (Phi) is 3.87. The van der Waals surface area contributed by atoms with Gasteiger partial charge in [-0.05, 0) is 49.8 Å². The van der Waals surface area contributed by atoms with Gasteiger partial charge >= 0.3 is 0 Å². The van der Waals surface area contributed by atoms with E-state index in [0.717, 1.165) is 37.8 Å². The Morgan fingerprint density at radius 2 is 1.88 bits per heavy atom. The van der Waals surface area contributed by atoms with Gasteiger partial charge < -0.3 is 0 Å². The van der Waals surface area contributed by atoms with Crippen LogP contribution in [-0.4, -0.2) is 5.78 Å². The zero-order valence-electron chi connectivity index (χ0n) is 9.59. The van der Waals surface area contributed by atoms with Crippen LogP contribution in [0.2, 0.25) is 0 Å². The summed E-state index contributed by atoms with van der Waals surface area (Å²) in [6.07, 6.45) is 6.15. The third kappa shape index (κ3) is 3.11. The Hall–Kier alpha value is -1.25. The molecule has 1 radical (unpaired) electrons. The lowest BCUT2D eigenvalue weighted by atomic mass is 9.84.